The van der Waals surface area contributed by atoms with E-state index in [1.807, 2.05) is 0 Å². The highest BCUT2D eigenvalue weighted by atomic mass is 79.9. The zero-order valence-electron chi connectivity index (χ0n) is 8.98. The monoisotopic (exact) mass is 299 g/mol. The van der Waals surface area contributed by atoms with Gasteiger partial charge >= 0.3 is 6.18 Å². The quantitative estimate of drug-likeness (QED) is 0.926. The fourth-order valence-electron chi connectivity index (χ4n) is 1.56. The summed E-state index contributed by atoms with van der Waals surface area (Å²) >= 11 is 3.20. The topological polar surface area (TPSA) is 29.9 Å². The second-order valence-corrected chi connectivity index (χ2v) is 4.29. The van der Waals surface area contributed by atoms with Crippen molar-refractivity contribution in [2.24, 2.45) is 7.05 Å². The molecule has 0 aliphatic carbocycles. The van der Waals surface area contributed by atoms with Gasteiger partial charge in [-0.2, -0.15) is 18.3 Å². The summed E-state index contributed by atoms with van der Waals surface area (Å²) in [6.07, 6.45) is -3.61. The van der Waals surface area contributed by atoms with Crippen LogP contribution >= 0.6 is 15.9 Å². The van der Waals surface area contributed by atoms with Gasteiger partial charge in [0.25, 0.3) is 0 Å². The van der Waals surface area contributed by atoms with E-state index in [-0.39, 0.29) is 0 Å². The number of halogens is 4. The third kappa shape index (κ3) is 3.48. The van der Waals surface area contributed by atoms with E-state index < -0.39 is 18.6 Å². The summed E-state index contributed by atoms with van der Waals surface area (Å²) < 4.78 is 39.2. The molecule has 0 bridgehead atoms. The Balaban J connectivity index is 2.93. The zero-order valence-corrected chi connectivity index (χ0v) is 10.6. The number of alkyl halides is 3. The van der Waals surface area contributed by atoms with Gasteiger partial charge in [-0.05, 0) is 22.5 Å². The van der Waals surface area contributed by atoms with E-state index in [1.54, 1.807) is 14.0 Å². The lowest BCUT2D eigenvalue weighted by Gasteiger charge is -2.20. The van der Waals surface area contributed by atoms with Crippen molar-refractivity contribution in [2.45, 2.75) is 25.6 Å². The van der Waals surface area contributed by atoms with E-state index in [1.165, 1.54) is 10.9 Å². The summed E-state index contributed by atoms with van der Waals surface area (Å²) in [5.74, 6) is 0. The van der Waals surface area contributed by atoms with Gasteiger partial charge in [0.15, 0.2) is 0 Å². The minimum atomic E-state index is -4.20. The fourth-order valence-corrected chi connectivity index (χ4v) is 2.18. The van der Waals surface area contributed by atoms with Crippen LogP contribution in [0.25, 0.3) is 0 Å². The third-order valence-corrected chi connectivity index (χ3v) is 2.76. The number of hydrogen-bond donors (Lipinski definition) is 1. The molecule has 0 fully saturated rings. The van der Waals surface area contributed by atoms with Crippen LogP contribution in [0.5, 0.6) is 0 Å². The Kier molecular flexibility index (Phi) is 4.37. The lowest BCUT2D eigenvalue weighted by atomic mass is 10.1. The van der Waals surface area contributed by atoms with Gasteiger partial charge in [-0.15, -0.1) is 0 Å². The molecular formula is C9H13BrF3N3. The molecule has 0 saturated heterocycles. The first-order chi connectivity index (χ1) is 7.35. The minimum absolute atomic E-state index is 0.471. The van der Waals surface area contributed by atoms with Crippen molar-refractivity contribution in [3.63, 3.8) is 0 Å². The number of aromatic nitrogens is 2. The normalized spacial score (nSPS) is 14.1. The number of nitrogens with zero attached hydrogens (tertiary/aromatic N) is 2. The Hall–Kier alpha value is -0.560. The fraction of sp³-hybridized carbons (Fsp3) is 0.667. The molecule has 1 rings (SSSR count). The number of nitrogens with one attached hydrogen (secondary N) is 1. The van der Waals surface area contributed by atoms with Crippen molar-refractivity contribution >= 4 is 15.9 Å². The van der Waals surface area contributed by atoms with Crippen LogP contribution in [0.1, 0.15) is 25.1 Å². The lowest BCUT2D eigenvalue weighted by molar-refractivity contribution is -0.140. The van der Waals surface area contributed by atoms with Gasteiger partial charge in [-0.25, -0.2) is 0 Å². The van der Waals surface area contributed by atoms with Crippen molar-refractivity contribution in [1.82, 2.24) is 15.1 Å². The maximum atomic E-state index is 12.4. The molecule has 1 aromatic heterocycles. The van der Waals surface area contributed by atoms with Gasteiger partial charge in [0, 0.05) is 7.05 Å². The molecule has 0 aromatic carbocycles. The van der Waals surface area contributed by atoms with Crippen LogP contribution in [0, 0.1) is 0 Å². The van der Waals surface area contributed by atoms with Gasteiger partial charge in [0.2, 0.25) is 0 Å². The highest BCUT2D eigenvalue weighted by Gasteiger charge is 2.34. The summed E-state index contributed by atoms with van der Waals surface area (Å²) in [6.45, 7) is 2.24. The van der Waals surface area contributed by atoms with Crippen LogP contribution in [0.2, 0.25) is 0 Å². The molecule has 1 heterocycles. The van der Waals surface area contributed by atoms with Crippen LogP contribution in [0.4, 0.5) is 13.2 Å². The van der Waals surface area contributed by atoms with Gasteiger partial charge in [-0.1, -0.05) is 6.92 Å². The number of hydrogen-bond acceptors (Lipinski definition) is 2. The van der Waals surface area contributed by atoms with Crippen LogP contribution in [-0.4, -0.2) is 22.5 Å². The first kappa shape index (κ1) is 13.5. The average molecular weight is 300 g/mol. The van der Waals surface area contributed by atoms with Crippen molar-refractivity contribution in [2.75, 3.05) is 6.54 Å². The molecule has 92 valence electrons. The SMILES string of the molecule is CCNC(CC(F)(F)F)c1c(Br)cnn1C. The van der Waals surface area contributed by atoms with Crippen LogP contribution < -0.4 is 5.32 Å². The van der Waals surface area contributed by atoms with E-state index in [0.29, 0.717) is 16.7 Å². The average Bonchev–Trinajstić information content (AvgIpc) is 2.43. The van der Waals surface area contributed by atoms with Crippen molar-refractivity contribution in [1.29, 1.82) is 0 Å². The minimum Gasteiger partial charge on any atom is -0.309 e. The summed E-state index contributed by atoms with van der Waals surface area (Å²) in [4.78, 5) is 0. The molecule has 0 spiro atoms. The van der Waals surface area contributed by atoms with E-state index in [0.717, 1.165) is 0 Å². The molecule has 0 saturated carbocycles. The second kappa shape index (κ2) is 5.18. The van der Waals surface area contributed by atoms with Crippen LogP contribution in [0.15, 0.2) is 10.7 Å². The van der Waals surface area contributed by atoms with E-state index in [9.17, 15) is 13.2 Å². The van der Waals surface area contributed by atoms with Gasteiger partial charge in [0.05, 0.1) is 28.8 Å². The Morgan fingerprint density at radius 1 is 1.56 bits per heavy atom. The van der Waals surface area contributed by atoms with Gasteiger partial charge in [-0.3, -0.25) is 4.68 Å². The molecular weight excluding hydrogens is 287 g/mol. The Morgan fingerprint density at radius 3 is 2.56 bits per heavy atom. The summed E-state index contributed by atoms with van der Waals surface area (Å²) in [5.41, 5.74) is 0.513. The number of rotatable bonds is 4. The van der Waals surface area contributed by atoms with Crippen molar-refractivity contribution in [3.05, 3.63) is 16.4 Å². The molecule has 3 nitrogen and oxygen atoms in total. The molecule has 0 radical (unpaired) electrons. The Labute approximate surface area is 100 Å². The maximum absolute atomic E-state index is 12.4. The molecule has 1 N–H and O–H groups in total. The third-order valence-electron chi connectivity index (χ3n) is 2.15. The molecule has 1 unspecified atom stereocenters. The van der Waals surface area contributed by atoms with Crippen molar-refractivity contribution in [3.8, 4) is 0 Å². The smallest absolute Gasteiger partial charge is 0.309 e. The standard InChI is InChI=1S/C9H13BrF3N3/c1-3-14-7(4-9(11,12)13)8-6(10)5-15-16(8)2/h5,7,14H,3-4H2,1-2H3. The first-order valence-electron chi connectivity index (χ1n) is 4.82. The van der Waals surface area contributed by atoms with Gasteiger partial charge < -0.3 is 5.32 Å². The number of aryl methyl sites for hydroxylation is 1. The molecule has 0 aliphatic rings. The summed E-state index contributed by atoms with van der Waals surface area (Å²) in [7, 11) is 1.63. The molecule has 16 heavy (non-hydrogen) atoms. The Morgan fingerprint density at radius 2 is 2.19 bits per heavy atom. The molecule has 7 heteroatoms. The highest BCUT2D eigenvalue weighted by Crippen LogP contribution is 2.32. The van der Waals surface area contributed by atoms with Crippen molar-refractivity contribution < 1.29 is 13.2 Å². The second-order valence-electron chi connectivity index (χ2n) is 3.43. The molecule has 1 aromatic rings. The summed E-state index contributed by atoms with van der Waals surface area (Å²) in [5, 5.41) is 6.72. The summed E-state index contributed by atoms with van der Waals surface area (Å²) in [6, 6.07) is -0.771. The first-order valence-corrected chi connectivity index (χ1v) is 5.62. The Bertz CT molecular complexity index is 329. The lowest BCUT2D eigenvalue weighted by Crippen LogP contribution is -2.28. The van der Waals surface area contributed by atoms with E-state index >= 15 is 0 Å². The molecule has 0 aliphatic heterocycles. The predicted octanol–water partition coefficient (Wildman–Crippen LogP) is 2.79. The molecule has 1 atom stereocenters. The molecule has 0 amide bonds. The van der Waals surface area contributed by atoms with Crippen LogP contribution in [0.3, 0.4) is 0 Å². The maximum Gasteiger partial charge on any atom is 0.390 e. The van der Waals surface area contributed by atoms with E-state index in [2.05, 4.69) is 26.3 Å². The largest absolute Gasteiger partial charge is 0.390 e. The zero-order chi connectivity index (χ0) is 12.3. The predicted molar refractivity (Wildman–Crippen MR) is 58.0 cm³/mol. The van der Waals surface area contributed by atoms with Gasteiger partial charge in [0.1, 0.15) is 0 Å². The highest BCUT2D eigenvalue weighted by molar-refractivity contribution is 9.10. The van der Waals surface area contributed by atoms with E-state index in [4.69, 9.17) is 0 Å². The van der Waals surface area contributed by atoms with Crippen LogP contribution in [-0.2, 0) is 7.05 Å².